The standard InChI is InChI=1S/C16H20N6O3S/c1-16(8-17,11-4-5-11)19-14(23)10-3-6-13(12(7-10)22(24)25)26-15-20-18-9-21(15)2/h3,6-7,9,11H,4-5,8,17H2,1-2H3,(H,19,23). The Morgan fingerprint density at radius 3 is 2.81 bits per heavy atom. The van der Waals surface area contributed by atoms with Crippen molar-refractivity contribution < 1.29 is 9.72 Å². The number of nitrogens with one attached hydrogen (secondary N) is 1. The zero-order valence-electron chi connectivity index (χ0n) is 14.5. The monoisotopic (exact) mass is 376 g/mol. The second-order valence-corrected chi connectivity index (χ2v) is 7.63. The Hall–Kier alpha value is -2.46. The molecule has 138 valence electrons. The Kier molecular flexibility index (Phi) is 4.97. The van der Waals surface area contributed by atoms with E-state index in [9.17, 15) is 14.9 Å². The van der Waals surface area contributed by atoms with Crippen LogP contribution in [0.1, 0.15) is 30.1 Å². The summed E-state index contributed by atoms with van der Waals surface area (Å²) in [6.07, 6.45) is 3.57. The predicted octanol–water partition coefficient (Wildman–Crippen LogP) is 1.73. The topological polar surface area (TPSA) is 129 Å². The van der Waals surface area contributed by atoms with Crippen LogP contribution < -0.4 is 11.1 Å². The highest BCUT2D eigenvalue weighted by Crippen LogP contribution is 2.39. The minimum atomic E-state index is -0.501. The lowest BCUT2D eigenvalue weighted by Gasteiger charge is -2.29. The zero-order valence-corrected chi connectivity index (χ0v) is 15.3. The molecule has 1 aliphatic carbocycles. The van der Waals surface area contributed by atoms with Gasteiger partial charge in [0, 0.05) is 25.2 Å². The molecule has 0 radical (unpaired) electrons. The fourth-order valence-corrected chi connectivity index (χ4v) is 3.57. The molecule has 2 aromatic rings. The van der Waals surface area contributed by atoms with Gasteiger partial charge in [-0.2, -0.15) is 0 Å². The summed E-state index contributed by atoms with van der Waals surface area (Å²) in [7, 11) is 1.75. The predicted molar refractivity (Wildman–Crippen MR) is 95.9 cm³/mol. The number of hydrogen-bond acceptors (Lipinski definition) is 7. The number of amides is 1. The van der Waals surface area contributed by atoms with Gasteiger partial charge in [-0.1, -0.05) is 0 Å². The van der Waals surface area contributed by atoms with E-state index >= 15 is 0 Å². The third kappa shape index (κ3) is 3.70. The average molecular weight is 376 g/mol. The highest BCUT2D eigenvalue weighted by molar-refractivity contribution is 7.99. The number of benzene rings is 1. The van der Waals surface area contributed by atoms with E-state index in [-0.39, 0.29) is 17.2 Å². The molecule has 0 bridgehead atoms. The van der Waals surface area contributed by atoms with Crippen LogP contribution in [0.15, 0.2) is 34.6 Å². The number of rotatable bonds is 7. The van der Waals surface area contributed by atoms with E-state index in [0.717, 1.165) is 24.6 Å². The molecule has 1 saturated carbocycles. The van der Waals surface area contributed by atoms with Gasteiger partial charge < -0.3 is 15.6 Å². The van der Waals surface area contributed by atoms with E-state index in [1.165, 1.54) is 12.4 Å². The molecule has 26 heavy (non-hydrogen) atoms. The van der Waals surface area contributed by atoms with Gasteiger partial charge in [0.25, 0.3) is 11.6 Å². The minimum absolute atomic E-state index is 0.147. The Morgan fingerprint density at radius 1 is 1.54 bits per heavy atom. The van der Waals surface area contributed by atoms with Crippen LogP contribution in [0.5, 0.6) is 0 Å². The van der Waals surface area contributed by atoms with Gasteiger partial charge in [0.05, 0.1) is 15.4 Å². The first kappa shape index (κ1) is 18.3. The maximum atomic E-state index is 12.6. The SMILES string of the molecule is Cn1cnnc1Sc1ccc(C(=O)NC(C)(CN)C2CC2)cc1[N+](=O)[O-]. The van der Waals surface area contributed by atoms with Crippen LogP contribution in [0, 0.1) is 16.0 Å². The van der Waals surface area contributed by atoms with Crippen molar-refractivity contribution in [3.8, 4) is 0 Å². The molecule has 1 aromatic heterocycles. The lowest BCUT2D eigenvalue weighted by atomic mass is 9.95. The molecule has 3 N–H and O–H groups in total. The van der Waals surface area contributed by atoms with Crippen LogP contribution in [0.25, 0.3) is 0 Å². The van der Waals surface area contributed by atoms with Gasteiger partial charge in [0.1, 0.15) is 6.33 Å². The second-order valence-electron chi connectivity index (χ2n) is 6.62. The molecule has 1 aromatic carbocycles. The number of nitrogens with two attached hydrogens (primary N) is 1. The molecule has 0 aliphatic heterocycles. The van der Waals surface area contributed by atoms with Crippen molar-refractivity contribution in [1.82, 2.24) is 20.1 Å². The molecular formula is C16H20N6O3S. The number of nitro groups is 1. The smallest absolute Gasteiger partial charge is 0.284 e. The van der Waals surface area contributed by atoms with Gasteiger partial charge in [-0.15, -0.1) is 10.2 Å². The molecule has 1 fully saturated rings. The lowest BCUT2D eigenvalue weighted by molar-refractivity contribution is -0.387. The van der Waals surface area contributed by atoms with E-state index in [4.69, 9.17) is 5.73 Å². The Labute approximate surface area is 154 Å². The number of aromatic nitrogens is 3. The minimum Gasteiger partial charge on any atom is -0.345 e. The van der Waals surface area contributed by atoms with E-state index in [0.29, 0.717) is 22.5 Å². The summed E-state index contributed by atoms with van der Waals surface area (Å²) in [5.74, 6) is 0.000313. The van der Waals surface area contributed by atoms with Crippen LogP contribution in [-0.4, -0.2) is 37.7 Å². The first-order valence-electron chi connectivity index (χ1n) is 8.17. The molecule has 9 nitrogen and oxygen atoms in total. The summed E-state index contributed by atoms with van der Waals surface area (Å²) >= 11 is 1.12. The fraction of sp³-hybridized carbons (Fsp3) is 0.438. The Bertz CT molecular complexity index is 850. The number of hydrogen-bond donors (Lipinski definition) is 2. The second kappa shape index (κ2) is 7.04. The van der Waals surface area contributed by atoms with Crippen LogP contribution >= 0.6 is 11.8 Å². The fourth-order valence-electron chi connectivity index (χ4n) is 2.72. The molecule has 10 heteroatoms. The van der Waals surface area contributed by atoms with Crippen molar-refractivity contribution in [3.63, 3.8) is 0 Å². The van der Waals surface area contributed by atoms with Crippen molar-refractivity contribution in [2.24, 2.45) is 18.7 Å². The van der Waals surface area contributed by atoms with Crippen molar-refractivity contribution >= 4 is 23.4 Å². The number of carbonyl (C=O) groups excluding carboxylic acids is 1. The van der Waals surface area contributed by atoms with Crippen molar-refractivity contribution in [2.75, 3.05) is 6.54 Å². The highest BCUT2D eigenvalue weighted by atomic mass is 32.2. The molecule has 3 rings (SSSR count). The third-order valence-corrected chi connectivity index (χ3v) is 5.71. The summed E-state index contributed by atoms with van der Waals surface area (Å²) in [5.41, 5.74) is 5.43. The number of carbonyl (C=O) groups is 1. The van der Waals surface area contributed by atoms with Gasteiger partial charge in [-0.3, -0.25) is 14.9 Å². The van der Waals surface area contributed by atoms with Crippen LogP contribution in [-0.2, 0) is 7.05 Å². The molecule has 1 atom stereocenters. The normalized spacial score (nSPS) is 16.1. The first-order valence-corrected chi connectivity index (χ1v) is 8.98. The van der Waals surface area contributed by atoms with E-state index in [1.54, 1.807) is 23.7 Å². The van der Waals surface area contributed by atoms with Crippen LogP contribution in [0.3, 0.4) is 0 Å². The van der Waals surface area contributed by atoms with E-state index in [2.05, 4.69) is 15.5 Å². The molecular weight excluding hydrogens is 356 g/mol. The molecule has 0 spiro atoms. The van der Waals surface area contributed by atoms with Crippen LogP contribution in [0.4, 0.5) is 5.69 Å². The van der Waals surface area contributed by atoms with E-state index < -0.39 is 10.5 Å². The maximum Gasteiger partial charge on any atom is 0.284 e. The summed E-state index contributed by atoms with van der Waals surface area (Å²) < 4.78 is 1.66. The Morgan fingerprint density at radius 2 is 2.27 bits per heavy atom. The third-order valence-electron chi connectivity index (χ3n) is 4.59. The van der Waals surface area contributed by atoms with Crippen LogP contribution in [0.2, 0.25) is 0 Å². The van der Waals surface area contributed by atoms with Crippen molar-refractivity contribution in [2.45, 2.75) is 35.4 Å². The van der Waals surface area contributed by atoms with Gasteiger partial charge in [-0.25, -0.2) is 0 Å². The molecule has 1 heterocycles. The molecule has 1 unspecified atom stereocenters. The highest BCUT2D eigenvalue weighted by Gasteiger charge is 2.41. The van der Waals surface area contributed by atoms with Crippen molar-refractivity contribution in [1.29, 1.82) is 0 Å². The molecule has 1 aliphatic rings. The van der Waals surface area contributed by atoms with E-state index in [1.807, 2.05) is 6.92 Å². The number of nitro benzene ring substituents is 1. The van der Waals surface area contributed by atoms with Gasteiger partial charge in [0.2, 0.25) is 0 Å². The Balaban J connectivity index is 1.85. The zero-order chi connectivity index (χ0) is 18.9. The molecule has 0 saturated heterocycles. The maximum absolute atomic E-state index is 12.6. The van der Waals surface area contributed by atoms with Gasteiger partial charge in [0.15, 0.2) is 5.16 Å². The summed E-state index contributed by atoms with van der Waals surface area (Å²) in [5, 5.41) is 22.6. The first-order chi connectivity index (χ1) is 12.3. The number of aryl methyl sites for hydroxylation is 1. The van der Waals surface area contributed by atoms with Gasteiger partial charge >= 0.3 is 0 Å². The molecule has 1 amide bonds. The summed E-state index contributed by atoms with van der Waals surface area (Å²) in [6.45, 7) is 2.24. The average Bonchev–Trinajstić information content (AvgIpc) is 3.40. The summed E-state index contributed by atoms with van der Waals surface area (Å²) in [6, 6.07) is 4.42. The summed E-state index contributed by atoms with van der Waals surface area (Å²) in [4.78, 5) is 23.9. The lowest BCUT2D eigenvalue weighted by Crippen LogP contribution is -2.53. The quantitative estimate of drug-likeness (QED) is 0.556. The van der Waals surface area contributed by atoms with Crippen molar-refractivity contribution in [3.05, 3.63) is 40.2 Å². The van der Waals surface area contributed by atoms with Gasteiger partial charge in [-0.05, 0) is 49.6 Å². The number of nitrogens with zero attached hydrogens (tertiary/aromatic N) is 4. The largest absolute Gasteiger partial charge is 0.345 e.